The van der Waals surface area contributed by atoms with Crippen LogP contribution in [-0.4, -0.2) is 12.1 Å². The van der Waals surface area contributed by atoms with E-state index in [1.165, 1.54) is 6.07 Å². The van der Waals surface area contributed by atoms with Crippen LogP contribution in [0.15, 0.2) is 36.5 Å². The van der Waals surface area contributed by atoms with Gasteiger partial charge in [0.1, 0.15) is 11.6 Å². The topological polar surface area (TPSA) is 34.1 Å². The number of hydrogen-bond donors (Lipinski definition) is 1. The minimum atomic E-state index is -0.440. The molecular formula is C14H14F2N2O. The van der Waals surface area contributed by atoms with E-state index < -0.39 is 11.6 Å². The van der Waals surface area contributed by atoms with Gasteiger partial charge in [0, 0.05) is 30.9 Å². The molecule has 5 heteroatoms. The van der Waals surface area contributed by atoms with Crippen LogP contribution in [0.5, 0.6) is 5.88 Å². The van der Waals surface area contributed by atoms with Gasteiger partial charge in [0.25, 0.3) is 0 Å². The fraction of sp³-hybridized carbons (Fsp3) is 0.214. The zero-order chi connectivity index (χ0) is 13.7. The summed E-state index contributed by atoms with van der Waals surface area (Å²) in [6.07, 6.45) is 1.67. The maximum Gasteiger partial charge on any atom is 0.212 e. The fourth-order valence-electron chi connectivity index (χ4n) is 1.66. The highest BCUT2D eigenvalue weighted by Gasteiger charge is 2.03. The molecule has 0 fully saturated rings. The molecule has 0 saturated carbocycles. The molecule has 1 heterocycles. The summed E-state index contributed by atoms with van der Waals surface area (Å²) in [5, 5.41) is 3.04. The SMILES string of the molecule is COc1ccc(CNCc2cc(F)ccc2F)cn1. The first-order chi connectivity index (χ1) is 9.19. The van der Waals surface area contributed by atoms with Gasteiger partial charge >= 0.3 is 0 Å². The molecule has 0 saturated heterocycles. The number of halogens is 2. The largest absolute Gasteiger partial charge is 0.481 e. The van der Waals surface area contributed by atoms with E-state index in [1.807, 2.05) is 6.07 Å². The molecule has 1 aromatic carbocycles. The Morgan fingerprint density at radius 1 is 1.16 bits per heavy atom. The minimum Gasteiger partial charge on any atom is -0.481 e. The molecule has 0 aliphatic rings. The third-order valence-electron chi connectivity index (χ3n) is 2.66. The summed E-state index contributed by atoms with van der Waals surface area (Å²) >= 11 is 0. The van der Waals surface area contributed by atoms with Gasteiger partial charge in [0.2, 0.25) is 5.88 Å². The molecule has 0 aliphatic carbocycles. The molecule has 100 valence electrons. The maximum atomic E-state index is 13.4. The molecule has 0 amide bonds. The number of methoxy groups -OCH3 is 1. The molecule has 0 atom stereocenters. The maximum absolute atomic E-state index is 13.4. The predicted octanol–water partition coefficient (Wildman–Crippen LogP) is 2.66. The van der Waals surface area contributed by atoms with Crippen molar-refractivity contribution >= 4 is 0 Å². The predicted molar refractivity (Wildman–Crippen MR) is 67.7 cm³/mol. The summed E-state index contributed by atoms with van der Waals surface area (Å²) in [4.78, 5) is 4.06. The Morgan fingerprint density at radius 3 is 2.68 bits per heavy atom. The van der Waals surface area contributed by atoms with E-state index in [2.05, 4.69) is 10.3 Å². The second-order valence-corrected chi connectivity index (χ2v) is 4.05. The van der Waals surface area contributed by atoms with Crippen LogP contribution in [-0.2, 0) is 13.1 Å². The van der Waals surface area contributed by atoms with E-state index in [1.54, 1.807) is 19.4 Å². The lowest BCUT2D eigenvalue weighted by molar-refractivity contribution is 0.397. The number of hydrogen-bond acceptors (Lipinski definition) is 3. The molecule has 1 N–H and O–H groups in total. The average Bonchev–Trinajstić information content (AvgIpc) is 2.43. The lowest BCUT2D eigenvalue weighted by atomic mass is 10.2. The molecule has 2 rings (SSSR count). The van der Waals surface area contributed by atoms with Crippen molar-refractivity contribution in [3.05, 3.63) is 59.3 Å². The molecular weight excluding hydrogens is 250 g/mol. The molecule has 0 bridgehead atoms. The monoisotopic (exact) mass is 264 g/mol. The van der Waals surface area contributed by atoms with Crippen LogP contribution in [0.25, 0.3) is 0 Å². The highest BCUT2D eigenvalue weighted by Crippen LogP contribution is 2.10. The smallest absolute Gasteiger partial charge is 0.212 e. The van der Waals surface area contributed by atoms with E-state index in [9.17, 15) is 8.78 Å². The van der Waals surface area contributed by atoms with E-state index in [0.29, 0.717) is 18.0 Å². The number of ether oxygens (including phenoxy) is 1. The van der Waals surface area contributed by atoms with Crippen molar-refractivity contribution in [2.24, 2.45) is 0 Å². The van der Waals surface area contributed by atoms with Gasteiger partial charge in [0.15, 0.2) is 0 Å². The van der Waals surface area contributed by atoms with E-state index in [4.69, 9.17) is 4.74 Å². The number of benzene rings is 1. The van der Waals surface area contributed by atoms with Crippen LogP contribution in [0.3, 0.4) is 0 Å². The Morgan fingerprint density at radius 2 is 2.00 bits per heavy atom. The number of rotatable bonds is 5. The zero-order valence-corrected chi connectivity index (χ0v) is 10.5. The van der Waals surface area contributed by atoms with Crippen LogP contribution in [0, 0.1) is 11.6 Å². The van der Waals surface area contributed by atoms with Crippen molar-refractivity contribution in [3.63, 3.8) is 0 Å². The molecule has 3 nitrogen and oxygen atoms in total. The third kappa shape index (κ3) is 3.72. The van der Waals surface area contributed by atoms with Gasteiger partial charge in [-0.15, -0.1) is 0 Å². The lowest BCUT2D eigenvalue weighted by Crippen LogP contribution is -2.14. The quantitative estimate of drug-likeness (QED) is 0.901. The van der Waals surface area contributed by atoms with E-state index >= 15 is 0 Å². The minimum absolute atomic E-state index is 0.260. The van der Waals surface area contributed by atoms with Crippen molar-refractivity contribution in [1.82, 2.24) is 10.3 Å². The van der Waals surface area contributed by atoms with Crippen molar-refractivity contribution in [1.29, 1.82) is 0 Å². The zero-order valence-electron chi connectivity index (χ0n) is 10.5. The van der Waals surface area contributed by atoms with Crippen molar-refractivity contribution < 1.29 is 13.5 Å². The second-order valence-electron chi connectivity index (χ2n) is 4.05. The Hall–Kier alpha value is -2.01. The van der Waals surface area contributed by atoms with Gasteiger partial charge in [-0.25, -0.2) is 13.8 Å². The summed E-state index contributed by atoms with van der Waals surface area (Å²) in [5.41, 5.74) is 1.25. The Bertz CT molecular complexity index is 544. The van der Waals surface area contributed by atoms with Gasteiger partial charge in [0.05, 0.1) is 7.11 Å². The summed E-state index contributed by atoms with van der Waals surface area (Å²) in [7, 11) is 1.55. The molecule has 0 radical (unpaired) electrons. The number of nitrogens with zero attached hydrogens (tertiary/aromatic N) is 1. The van der Waals surface area contributed by atoms with E-state index in [-0.39, 0.29) is 6.54 Å². The second kappa shape index (κ2) is 6.24. The van der Waals surface area contributed by atoms with Crippen molar-refractivity contribution in [2.45, 2.75) is 13.1 Å². The van der Waals surface area contributed by atoms with Gasteiger partial charge in [-0.3, -0.25) is 0 Å². The number of aromatic nitrogens is 1. The van der Waals surface area contributed by atoms with Crippen LogP contribution in [0.1, 0.15) is 11.1 Å². The van der Waals surface area contributed by atoms with Crippen LogP contribution >= 0.6 is 0 Å². The van der Waals surface area contributed by atoms with Gasteiger partial charge in [-0.05, 0) is 23.8 Å². The highest BCUT2D eigenvalue weighted by atomic mass is 19.1. The Labute approximate surface area is 110 Å². The normalized spacial score (nSPS) is 10.5. The third-order valence-corrected chi connectivity index (χ3v) is 2.66. The Balaban J connectivity index is 1.90. The average molecular weight is 264 g/mol. The molecule has 1 aromatic heterocycles. The van der Waals surface area contributed by atoms with Gasteiger partial charge in [-0.2, -0.15) is 0 Å². The number of nitrogens with one attached hydrogen (secondary N) is 1. The summed E-state index contributed by atoms with van der Waals surface area (Å²) < 4.78 is 31.3. The summed E-state index contributed by atoms with van der Waals surface area (Å²) in [6.45, 7) is 0.780. The standard InChI is InChI=1S/C14H14F2N2O/c1-19-14-5-2-10(8-18-14)7-17-9-11-6-12(15)3-4-13(11)16/h2-6,8,17H,7,9H2,1H3. The number of pyridine rings is 1. The molecule has 19 heavy (non-hydrogen) atoms. The molecule has 2 aromatic rings. The first-order valence-electron chi connectivity index (χ1n) is 5.82. The summed E-state index contributed by atoms with van der Waals surface area (Å²) in [6, 6.07) is 7.03. The molecule has 0 spiro atoms. The first kappa shape index (κ1) is 13.4. The highest BCUT2D eigenvalue weighted by molar-refractivity contribution is 5.20. The Kier molecular flexibility index (Phi) is 4.41. The van der Waals surface area contributed by atoms with Crippen molar-refractivity contribution in [3.8, 4) is 5.88 Å². The van der Waals surface area contributed by atoms with Crippen molar-refractivity contribution in [2.75, 3.05) is 7.11 Å². The fourth-order valence-corrected chi connectivity index (χ4v) is 1.66. The summed E-state index contributed by atoms with van der Waals surface area (Å²) in [5.74, 6) is -0.314. The van der Waals surface area contributed by atoms with Crippen LogP contribution in [0.4, 0.5) is 8.78 Å². The van der Waals surface area contributed by atoms with Crippen LogP contribution < -0.4 is 10.1 Å². The molecule has 0 unspecified atom stereocenters. The lowest BCUT2D eigenvalue weighted by Gasteiger charge is -2.06. The molecule has 0 aliphatic heterocycles. The first-order valence-corrected chi connectivity index (χ1v) is 5.82. The van der Waals surface area contributed by atoms with Gasteiger partial charge < -0.3 is 10.1 Å². The van der Waals surface area contributed by atoms with Crippen LogP contribution in [0.2, 0.25) is 0 Å². The van der Waals surface area contributed by atoms with E-state index in [0.717, 1.165) is 17.7 Å². The van der Waals surface area contributed by atoms with Gasteiger partial charge in [-0.1, -0.05) is 6.07 Å².